The predicted octanol–water partition coefficient (Wildman–Crippen LogP) is 2.82. The summed E-state index contributed by atoms with van der Waals surface area (Å²) in [6.45, 7) is 4.92. The third-order valence-corrected chi connectivity index (χ3v) is 4.17. The van der Waals surface area contributed by atoms with Crippen LogP contribution >= 0.6 is 27.7 Å². The molecule has 0 saturated heterocycles. The maximum Gasteiger partial charge on any atom is 0.234 e. The molecule has 112 valence electrons. The van der Waals surface area contributed by atoms with Crippen LogP contribution in [0.3, 0.4) is 0 Å². The van der Waals surface area contributed by atoms with Gasteiger partial charge in [-0.05, 0) is 44.4 Å². The number of amides is 1. The number of carbonyl (C=O) groups excluding carboxylic acids is 1. The van der Waals surface area contributed by atoms with Crippen LogP contribution in [0.1, 0.15) is 13.8 Å². The molecule has 21 heavy (non-hydrogen) atoms. The van der Waals surface area contributed by atoms with E-state index in [0.29, 0.717) is 11.1 Å². The number of nitrogens with zero attached hydrogens (tertiary/aromatic N) is 4. The summed E-state index contributed by atoms with van der Waals surface area (Å²) in [6, 6.07) is 7.49. The number of hydrogen-bond donors (Lipinski definition) is 1. The van der Waals surface area contributed by atoms with E-state index in [9.17, 15) is 4.79 Å². The molecule has 0 saturated carbocycles. The largest absolute Gasteiger partial charge is 0.324 e. The third kappa shape index (κ3) is 4.82. The van der Waals surface area contributed by atoms with E-state index in [0.717, 1.165) is 16.7 Å². The molecule has 2 rings (SSSR count). The highest BCUT2D eigenvalue weighted by atomic mass is 79.9. The fourth-order valence-corrected chi connectivity index (χ4v) is 2.71. The first kappa shape index (κ1) is 16.0. The number of rotatable bonds is 6. The van der Waals surface area contributed by atoms with Gasteiger partial charge < -0.3 is 5.32 Å². The molecule has 1 aromatic heterocycles. The number of nitrogens with one attached hydrogen (secondary N) is 1. The molecule has 0 radical (unpaired) electrons. The van der Waals surface area contributed by atoms with Crippen molar-refractivity contribution >= 4 is 39.3 Å². The first-order chi connectivity index (χ1) is 10.1. The van der Waals surface area contributed by atoms with E-state index in [4.69, 9.17) is 0 Å². The molecule has 0 unspecified atom stereocenters. The van der Waals surface area contributed by atoms with E-state index < -0.39 is 0 Å². The van der Waals surface area contributed by atoms with Crippen molar-refractivity contribution in [2.24, 2.45) is 5.92 Å². The van der Waals surface area contributed by atoms with Gasteiger partial charge in [-0.1, -0.05) is 37.7 Å². The molecule has 0 bridgehead atoms. The summed E-state index contributed by atoms with van der Waals surface area (Å²) in [5.74, 6) is 0.618. The molecule has 0 aliphatic rings. The number of benzene rings is 1. The van der Waals surface area contributed by atoms with Gasteiger partial charge in [-0.3, -0.25) is 4.79 Å². The van der Waals surface area contributed by atoms with Crippen molar-refractivity contribution in [2.45, 2.75) is 25.5 Å². The number of carbonyl (C=O) groups is 1. The van der Waals surface area contributed by atoms with Crippen molar-refractivity contribution in [3.63, 3.8) is 0 Å². The SMILES string of the molecule is CC(C)Cn1nnnc1SCC(=O)Nc1ccccc1Br. The molecule has 1 aromatic carbocycles. The van der Waals surface area contributed by atoms with Gasteiger partial charge in [0.2, 0.25) is 11.1 Å². The lowest BCUT2D eigenvalue weighted by Crippen LogP contribution is -2.15. The van der Waals surface area contributed by atoms with Gasteiger partial charge in [0.1, 0.15) is 0 Å². The van der Waals surface area contributed by atoms with Crippen LogP contribution in [0.15, 0.2) is 33.9 Å². The Balaban J connectivity index is 1.90. The van der Waals surface area contributed by atoms with Crippen LogP contribution in [0.4, 0.5) is 5.69 Å². The summed E-state index contributed by atoms with van der Waals surface area (Å²) in [7, 11) is 0. The molecule has 8 heteroatoms. The normalized spacial score (nSPS) is 10.9. The summed E-state index contributed by atoms with van der Waals surface area (Å²) in [4.78, 5) is 12.0. The number of halogens is 1. The molecule has 2 aromatic rings. The second-order valence-corrected chi connectivity index (χ2v) is 6.65. The second-order valence-electron chi connectivity index (χ2n) is 4.85. The van der Waals surface area contributed by atoms with Crippen LogP contribution < -0.4 is 5.32 Å². The summed E-state index contributed by atoms with van der Waals surface area (Å²) in [5.41, 5.74) is 0.755. The number of hydrogen-bond acceptors (Lipinski definition) is 5. The Morgan fingerprint density at radius 2 is 2.19 bits per heavy atom. The van der Waals surface area contributed by atoms with Gasteiger partial charge in [-0.2, -0.15) is 0 Å². The van der Waals surface area contributed by atoms with E-state index >= 15 is 0 Å². The fraction of sp³-hybridized carbons (Fsp3) is 0.385. The third-order valence-electron chi connectivity index (χ3n) is 2.52. The highest BCUT2D eigenvalue weighted by Crippen LogP contribution is 2.22. The summed E-state index contributed by atoms with van der Waals surface area (Å²) >= 11 is 4.72. The molecule has 1 amide bonds. The van der Waals surface area contributed by atoms with Crippen LogP contribution in [0.25, 0.3) is 0 Å². The minimum Gasteiger partial charge on any atom is -0.324 e. The number of para-hydroxylation sites is 1. The minimum absolute atomic E-state index is 0.0917. The zero-order valence-electron chi connectivity index (χ0n) is 11.8. The van der Waals surface area contributed by atoms with Gasteiger partial charge in [-0.25, -0.2) is 4.68 Å². The Morgan fingerprint density at radius 3 is 2.90 bits per heavy atom. The van der Waals surface area contributed by atoms with E-state index in [1.165, 1.54) is 11.8 Å². The first-order valence-corrected chi connectivity index (χ1v) is 8.27. The van der Waals surface area contributed by atoms with Crippen LogP contribution in [-0.4, -0.2) is 31.9 Å². The average Bonchev–Trinajstić information content (AvgIpc) is 2.85. The Bertz CT molecular complexity index is 616. The highest BCUT2D eigenvalue weighted by molar-refractivity contribution is 9.10. The van der Waals surface area contributed by atoms with Gasteiger partial charge in [0.05, 0.1) is 11.4 Å². The molecule has 0 atom stereocenters. The highest BCUT2D eigenvalue weighted by Gasteiger charge is 2.11. The molecule has 0 spiro atoms. The minimum atomic E-state index is -0.0917. The van der Waals surface area contributed by atoms with E-state index in [2.05, 4.69) is 50.6 Å². The smallest absolute Gasteiger partial charge is 0.234 e. The zero-order valence-corrected chi connectivity index (χ0v) is 14.2. The quantitative estimate of drug-likeness (QED) is 0.792. The molecule has 0 fully saturated rings. The molecule has 0 aliphatic carbocycles. The van der Waals surface area contributed by atoms with Crippen molar-refractivity contribution in [1.29, 1.82) is 0 Å². The van der Waals surface area contributed by atoms with Gasteiger partial charge in [0.15, 0.2) is 0 Å². The number of thioether (sulfide) groups is 1. The molecule has 6 nitrogen and oxygen atoms in total. The van der Waals surface area contributed by atoms with Crippen LogP contribution in [-0.2, 0) is 11.3 Å². The maximum atomic E-state index is 12.0. The van der Waals surface area contributed by atoms with Crippen LogP contribution in [0.5, 0.6) is 0 Å². The maximum absolute atomic E-state index is 12.0. The first-order valence-electron chi connectivity index (χ1n) is 6.49. The lowest BCUT2D eigenvalue weighted by Gasteiger charge is -2.08. The molecular weight excluding hydrogens is 354 g/mol. The van der Waals surface area contributed by atoms with Crippen LogP contribution in [0, 0.1) is 5.92 Å². The number of anilines is 1. The van der Waals surface area contributed by atoms with Gasteiger partial charge in [0.25, 0.3) is 0 Å². The molecule has 1 N–H and O–H groups in total. The Hall–Kier alpha value is -1.41. The molecule has 1 heterocycles. The van der Waals surface area contributed by atoms with Crippen molar-refractivity contribution in [3.05, 3.63) is 28.7 Å². The summed E-state index contributed by atoms with van der Waals surface area (Å²) in [5, 5.41) is 15.0. The number of aromatic nitrogens is 4. The summed E-state index contributed by atoms with van der Waals surface area (Å²) < 4.78 is 2.58. The van der Waals surface area contributed by atoms with Crippen molar-refractivity contribution < 1.29 is 4.79 Å². The monoisotopic (exact) mass is 369 g/mol. The van der Waals surface area contributed by atoms with Crippen molar-refractivity contribution in [2.75, 3.05) is 11.1 Å². The van der Waals surface area contributed by atoms with E-state index in [-0.39, 0.29) is 11.7 Å². The molecular formula is C13H16BrN5OS. The van der Waals surface area contributed by atoms with Gasteiger partial charge in [0, 0.05) is 11.0 Å². The topological polar surface area (TPSA) is 72.7 Å². The predicted molar refractivity (Wildman–Crippen MR) is 86.2 cm³/mol. The van der Waals surface area contributed by atoms with Crippen molar-refractivity contribution in [3.8, 4) is 0 Å². The Morgan fingerprint density at radius 1 is 1.43 bits per heavy atom. The lowest BCUT2D eigenvalue weighted by atomic mass is 10.2. The van der Waals surface area contributed by atoms with E-state index in [1.807, 2.05) is 24.3 Å². The average molecular weight is 370 g/mol. The Labute approximate surface area is 135 Å². The second kappa shape index (κ2) is 7.56. The van der Waals surface area contributed by atoms with Crippen LogP contribution in [0.2, 0.25) is 0 Å². The van der Waals surface area contributed by atoms with Crippen molar-refractivity contribution in [1.82, 2.24) is 20.2 Å². The Kier molecular flexibility index (Phi) is 5.75. The standard InChI is InChI=1S/C13H16BrN5OS/c1-9(2)7-19-13(16-17-18-19)21-8-12(20)15-11-6-4-3-5-10(11)14/h3-6,9H,7-8H2,1-2H3,(H,15,20). The lowest BCUT2D eigenvalue weighted by molar-refractivity contribution is -0.113. The van der Waals surface area contributed by atoms with Gasteiger partial charge >= 0.3 is 0 Å². The van der Waals surface area contributed by atoms with E-state index in [1.54, 1.807) is 4.68 Å². The molecule has 0 aliphatic heterocycles. The fourth-order valence-electron chi connectivity index (χ4n) is 1.64. The summed E-state index contributed by atoms with van der Waals surface area (Å²) in [6.07, 6.45) is 0. The number of tetrazole rings is 1. The van der Waals surface area contributed by atoms with Gasteiger partial charge in [-0.15, -0.1) is 5.10 Å². The zero-order chi connectivity index (χ0) is 15.2.